The second kappa shape index (κ2) is 5.83. The first-order valence-electron chi connectivity index (χ1n) is 6.82. The fourth-order valence-electron chi connectivity index (χ4n) is 2.31. The number of fused-ring (bicyclic) bond motifs is 2. The first-order chi connectivity index (χ1) is 10.9. The lowest BCUT2D eigenvalue weighted by molar-refractivity contribution is 0.0525. The van der Waals surface area contributed by atoms with Crippen LogP contribution in [0.1, 0.15) is 23.0 Å². The summed E-state index contributed by atoms with van der Waals surface area (Å²) >= 11 is 12.0. The normalized spacial score (nSPS) is 11.1. The van der Waals surface area contributed by atoms with Crippen LogP contribution in [0.3, 0.4) is 0 Å². The number of ether oxygens (including phenoxy) is 1. The molecule has 0 fully saturated rings. The predicted octanol–water partition coefficient (Wildman–Crippen LogP) is 4.13. The topological polar surface area (TPSA) is 69.4 Å². The highest BCUT2D eigenvalue weighted by atomic mass is 35.5. The summed E-state index contributed by atoms with van der Waals surface area (Å²) < 4.78 is 10.6. The van der Waals surface area contributed by atoms with Crippen molar-refractivity contribution in [2.45, 2.75) is 13.8 Å². The summed E-state index contributed by atoms with van der Waals surface area (Å²) in [5.41, 5.74) is 0.591. The number of aryl methyl sites for hydroxylation is 1. The van der Waals surface area contributed by atoms with Crippen molar-refractivity contribution in [3.05, 3.63) is 49.7 Å². The van der Waals surface area contributed by atoms with E-state index in [2.05, 4.69) is 4.98 Å². The predicted molar refractivity (Wildman–Crippen MR) is 88.5 cm³/mol. The van der Waals surface area contributed by atoms with Gasteiger partial charge in [0.15, 0.2) is 5.58 Å². The third kappa shape index (κ3) is 2.66. The largest absolute Gasteiger partial charge is 0.462 e. The van der Waals surface area contributed by atoms with Gasteiger partial charge in [-0.2, -0.15) is 0 Å². The smallest absolute Gasteiger partial charge is 0.339 e. The van der Waals surface area contributed by atoms with Gasteiger partial charge >= 0.3 is 5.97 Å². The highest BCUT2D eigenvalue weighted by Crippen LogP contribution is 2.28. The number of aromatic nitrogens is 1. The Kier molecular flexibility index (Phi) is 4.00. The zero-order valence-corrected chi connectivity index (χ0v) is 13.8. The molecule has 23 heavy (non-hydrogen) atoms. The lowest BCUT2D eigenvalue weighted by atomic mass is 10.1. The molecule has 0 saturated carbocycles. The second-order valence-corrected chi connectivity index (χ2v) is 5.73. The van der Waals surface area contributed by atoms with E-state index >= 15 is 0 Å². The number of benzene rings is 1. The molecule has 5 nitrogen and oxygen atoms in total. The molecule has 2 aromatic heterocycles. The number of pyridine rings is 1. The van der Waals surface area contributed by atoms with Gasteiger partial charge in [0.25, 0.3) is 0 Å². The Hall–Kier alpha value is -2.11. The summed E-state index contributed by atoms with van der Waals surface area (Å²) in [4.78, 5) is 28.8. The average Bonchev–Trinajstić information content (AvgIpc) is 2.48. The van der Waals surface area contributed by atoms with Gasteiger partial charge in [-0.3, -0.25) is 4.79 Å². The van der Waals surface area contributed by atoms with E-state index in [1.54, 1.807) is 13.8 Å². The number of hydrogen-bond acceptors (Lipinski definition) is 5. The van der Waals surface area contributed by atoms with Crippen LogP contribution in [0.4, 0.5) is 0 Å². The molecule has 3 rings (SSSR count). The molecule has 0 atom stereocenters. The third-order valence-electron chi connectivity index (χ3n) is 3.37. The van der Waals surface area contributed by atoms with E-state index in [0.717, 1.165) is 0 Å². The number of esters is 1. The molecule has 0 N–H and O–H groups in total. The van der Waals surface area contributed by atoms with E-state index < -0.39 is 5.97 Å². The fraction of sp³-hybridized carbons (Fsp3) is 0.188. The van der Waals surface area contributed by atoms with Gasteiger partial charge in [0.05, 0.1) is 33.7 Å². The van der Waals surface area contributed by atoms with Gasteiger partial charge in [-0.15, -0.1) is 0 Å². The molecule has 0 spiro atoms. The Labute approximate surface area is 140 Å². The van der Waals surface area contributed by atoms with Gasteiger partial charge in [0.1, 0.15) is 0 Å². The molecule has 0 amide bonds. The molecule has 0 radical (unpaired) electrons. The van der Waals surface area contributed by atoms with Crippen LogP contribution in [0.2, 0.25) is 10.0 Å². The Morgan fingerprint density at radius 1 is 1.26 bits per heavy atom. The molecule has 0 aliphatic rings. The first-order valence-corrected chi connectivity index (χ1v) is 7.58. The Morgan fingerprint density at radius 2 is 2.00 bits per heavy atom. The minimum Gasteiger partial charge on any atom is -0.462 e. The van der Waals surface area contributed by atoms with Crippen LogP contribution >= 0.6 is 23.2 Å². The maximum Gasteiger partial charge on any atom is 0.339 e. The van der Waals surface area contributed by atoms with Crippen molar-refractivity contribution in [2.24, 2.45) is 0 Å². The zero-order chi connectivity index (χ0) is 16.7. The Balaban J connectivity index is 2.39. The van der Waals surface area contributed by atoms with Crippen LogP contribution < -0.4 is 5.43 Å². The van der Waals surface area contributed by atoms with Gasteiger partial charge in [0.2, 0.25) is 11.1 Å². The van der Waals surface area contributed by atoms with E-state index in [0.29, 0.717) is 10.7 Å². The van der Waals surface area contributed by atoms with Crippen molar-refractivity contribution in [2.75, 3.05) is 6.61 Å². The van der Waals surface area contributed by atoms with E-state index in [9.17, 15) is 9.59 Å². The van der Waals surface area contributed by atoms with Crippen LogP contribution in [0, 0.1) is 6.92 Å². The first kappa shape index (κ1) is 15.8. The van der Waals surface area contributed by atoms with Crippen LogP contribution in [-0.4, -0.2) is 17.6 Å². The molecule has 0 bridgehead atoms. The zero-order valence-electron chi connectivity index (χ0n) is 12.3. The molecule has 7 heteroatoms. The summed E-state index contributed by atoms with van der Waals surface area (Å²) in [6.45, 7) is 3.57. The minimum absolute atomic E-state index is 0.109. The molecule has 3 aromatic rings. The summed E-state index contributed by atoms with van der Waals surface area (Å²) in [7, 11) is 0. The lowest BCUT2D eigenvalue weighted by Gasteiger charge is -2.07. The minimum atomic E-state index is -0.539. The highest BCUT2D eigenvalue weighted by Gasteiger charge is 2.18. The summed E-state index contributed by atoms with van der Waals surface area (Å²) in [6, 6.07) is 4.38. The fourth-order valence-corrected chi connectivity index (χ4v) is 2.85. The molecular weight excluding hydrogens is 341 g/mol. The number of carbonyl (C=O) groups is 1. The number of carbonyl (C=O) groups excluding carboxylic acids is 1. The molecule has 1 aromatic carbocycles. The van der Waals surface area contributed by atoms with Crippen LogP contribution in [0.5, 0.6) is 0 Å². The Morgan fingerprint density at radius 3 is 2.70 bits per heavy atom. The van der Waals surface area contributed by atoms with Crippen molar-refractivity contribution in [1.29, 1.82) is 0 Å². The average molecular weight is 352 g/mol. The van der Waals surface area contributed by atoms with Gasteiger partial charge in [-0.05, 0) is 32.0 Å². The summed E-state index contributed by atoms with van der Waals surface area (Å²) in [6.07, 6.45) is 0. The maximum atomic E-state index is 12.7. The van der Waals surface area contributed by atoms with Gasteiger partial charge < -0.3 is 9.15 Å². The number of hydrogen-bond donors (Lipinski definition) is 0. The maximum absolute atomic E-state index is 12.7. The molecule has 0 unspecified atom stereocenters. The molecule has 118 valence electrons. The Bertz CT molecular complexity index is 1010. The van der Waals surface area contributed by atoms with E-state index in [1.807, 2.05) is 0 Å². The van der Waals surface area contributed by atoms with Crippen molar-refractivity contribution in [3.8, 4) is 0 Å². The standard InChI is InChI=1S/C16H11Cl2NO4/c1-3-22-16(21)9-6-11-13(20)10-4-8(17)5-12(18)14(10)23-15(11)19-7(9)2/h4-6H,3H2,1-2H3. The molecule has 2 heterocycles. The lowest BCUT2D eigenvalue weighted by Crippen LogP contribution is -2.11. The van der Waals surface area contributed by atoms with Crippen molar-refractivity contribution < 1.29 is 13.9 Å². The molecule has 0 saturated heterocycles. The van der Waals surface area contributed by atoms with E-state index in [-0.39, 0.29) is 44.7 Å². The van der Waals surface area contributed by atoms with E-state index in [4.69, 9.17) is 32.4 Å². The van der Waals surface area contributed by atoms with Crippen molar-refractivity contribution >= 4 is 51.2 Å². The second-order valence-electron chi connectivity index (χ2n) is 4.89. The van der Waals surface area contributed by atoms with Crippen LogP contribution in [-0.2, 0) is 4.74 Å². The highest BCUT2D eigenvalue weighted by molar-refractivity contribution is 6.38. The summed E-state index contributed by atoms with van der Waals surface area (Å²) in [5, 5.41) is 0.945. The number of rotatable bonds is 2. The van der Waals surface area contributed by atoms with E-state index in [1.165, 1.54) is 18.2 Å². The van der Waals surface area contributed by atoms with Gasteiger partial charge in [0, 0.05) is 5.02 Å². The quantitative estimate of drug-likeness (QED) is 0.512. The molecular formula is C16H11Cl2NO4. The van der Waals surface area contributed by atoms with Crippen molar-refractivity contribution in [1.82, 2.24) is 4.98 Å². The SMILES string of the molecule is CCOC(=O)c1cc2c(=O)c3cc(Cl)cc(Cl)c3oc2nc1C. The third-order valence-corrected chi connectivity index (χ3v) is 3.87. The molecule has 0 aliphatic heterocycles. The number of halogens is 2. The monoisotopic (exact) mass is 351 g/mol. The van der Waals surface area contributed by atoms with Crippen molar-refractivity contribution in [3.63, 3.8) is 0 Å². The van der Waals surface area contributed by atoms with Gasteiger partial charge in [-0.1, -0.05) is 23.2 Å². The van der Waals surface area contributed by atoms with Gasteiger partial charge in [-0.25, -0.2) is 9.78 Å². The number of nitrogens with zero attached hydrogens (tertiary/aromatic N) is 1. The van der Waals surface area contributed by atoms with Crippen LogP contribution in [0.25, 0.3) is 22.1 Å². The van der Waals surface area contributed by atoms with Crippen LogP contribution in [0.15, 0.2) is 27.4 Å². The molecule has 0 aliphatic carbocycles. The summed E-state index contributed by atoms with van der Waals surface area (Å²) in [5.74, 6) is -0.539.